The molecule has 0 saturated heterocycles. The monoisotopic (exact) mass is 460 g/mol. The molecule has 3 atom stereocenters. The average Bonchev–Trinajstić information content (AvgIpc) is 3.22. The van der Waals surface area contributed by atoms with Crippen LogP contribution in [0, 0.1) is 0 Å². The van der Waals surface area contributed by atoms with Crippen LogP contribution in [0.5, 0.6) is 5.75 Å². The fraction of sp³-hybridized carbons (Fsp3) is 0.304. The lowest BCUT2D eigenvalue weighted by Crippen LogP contribution is -2.35. The van der Waals surface area contributed by atoms with E-state index < -0.39 is 30.3 Å². The largest absolute Gasteiger partial charge is 0.497 e. The Morgan fingerprint density at radius 2 is 1.88 bits per heavy atom. The number of halogens is 3. The van der Waals surface area contributed by atoms with Crippen LogP contribution in [0.1, 0.15) is 53.1 Å². The molecule has 3 aromatic rings. The van der Waals surface area contributed by atoms with Crippen LogP contribution in [-0.4, -0.2) is 34.1 Å². The van der Waals surface area contributed by atoms with E-state index in [1.165, 1.54) is 13.2 Å². The fourth-order valence-electron chi connectivity index (χ4n) is 3.78. The molecule has 0 bridgehead atoms. The van der Waals surface area contributed by atoms with Crippen LogP contribution in [0.15, 0.2) is 54.6 Å². The van der Waals surface area contributed by atoms with E-state index in [2.05, 4.69) is 15.7 Å². The van der Waals surface area contributed by atoms with Crippen molar-refractivity contribution in [2.24, 2.45) is 0 Å². The van der Waals surface area contributed by atoms with Crippen LogP contribution in [0.25, 0.3) is 0 Å². The second-order valence-electron chi connectivity index (χ2n) is 7.87. The molecule has 0 spiro atoms. The molecular weight excluding hydrogens is 437 g/mol. The van der Waals surface area contributed by atoms with Crippen LogP contribution in [-0.2, 0) is 0 Å². The van der Waals surface area contributed by atoms with Gasteiger partial charge in [0.25, 0.3) is 5.91 Å². The number of rotatable bonds is 5. The van der Waals surface area contributed by atoms with Gasteiger partial charge in [-0.1, -0.05) is 24.3 Å². The van der Waals surface area contributed by atoms with E-state index in [1.807, 2.05) is 0 Å². The summed E-state index contributed by atoms with van der Waals surface area (Å²) in [6.45, 7) is 1.62. The Hall–Kier alpha value is -3.53. The van der Waals surface area contributed by atoms with Gasteiger partial charge in [-0.25, -0.2) is 4.68 Å². The van der Waals surface area contributed by atoms with Crippen molar-refractivity contribution in [3.05, 3.63) is 71.4 Å². The van der Waals surface area contributed by atoms with Crippen LogP contribution in [0.4, 0.5) is 24.7 Å². The molecule has 174 valence electrons. The average molecular weight is 460 g/mol. The number of fused-ring (bicyclic) bond motifs is 1. The normalized spacial score (nSPS) is 18.7. The number of benzene rings is 2. The molecular formula is C23H23F3N4O3. The fourth-order valence-corrected chi connectivity index (χ4v) is 3.78. The van der Waals surface area contributed by atoms with Crippen molar-refractivity contribution < 1.29 is 27.8 Å². The first kappa shape index (κ1) is 22.7. The lowest BCUT2D eigenvalue weighted by Gasteiger charge is -2.33. The quantitative estimate of drug-likeness (QED) is 0.506. The predicted octanol–water partition coefficient (Wildman–Crippen LogP) is 4.86. The van der Waals surface area contributed by atoms with Gasteiger partial charge in [-0.3, -0.25) is 4.79 Å². The maximum atomic E-state index is 13.9. The van der Waals surface area contributed by atoms with Gasteiger partial charge in [-0.15, -0.1) is 0 Å². The van der Waals surface area contributed by atoms with Crippen LogP contribution >= 0.6 is 0 Å². The number of aromatic nitrogens is 2. The number of amides is 1. The Kier molecular flexibility index (Phi) is 6.03. The Labute approximate surface area is 188 Å². The molecule has 10 heteroatoms. The summed E-state index contributed by atoms with van der Waals surface area (Å²) in [6, 6.07) is 12.1. The van der Waals surface area contributed by atoms with E-state index in [0.29, 0.717) is 22.6 Å². The van der Waals surface area contributed by atoms with Gasteiger partial charge in [0, 0.05) is 18.2 Å². The van der Waals surface area contributed by atoms with E-state index in [9.17, 15) is 23.1 Å². The molecule has 1 aliphatic rings. The molecule has 1 aromatic heterocycles. The van der Waals surface area contributed by atoms with Gasteiger partial charge in [0.2, 0.25) is 0 Å². The SMILES string of the molecule is COc1ccc(C2CC(C(F)(F)F)n3nc(C(=O)Nc4ccc(C(C)O)cc4)cc3N2)cc1. The summed E-state index contributed by atoms with van der Waals surface area (Å²) in [5, 5.41) is 19.2. The number of aliphatic hydroxyl groups excluding tert-OH is 1. The van der Waals surface area contributed by atoms with Crippen molar-refractivity contribution in [1.29, 1.82) is 0 Å². The second kappa shape index (κ2) is 8.78. The Morgan fingerprint density at radius 3 is 2.45 bits per heavy atom. The second-order valence-corrected chi connectivity index (χ2v) is 7.87. The summed E-state index contributed by atoms with van der Waals surface area (Å²) in [6.07, 6.45) is -5.47. The van der Waals surface area contributed by atoms with Gasteiger partial charge in [-0.05, 0) is 42.3 Å². The van der Waals surface area contributed by atoms with Crippen LogP contribution < -0.4 is 15.4 Å². The molecule has 0 radical (unpaired) electrons. The smallest absolute Gasteiger partial charge is 0.410 e. The number of carbonyl (C=O) groups is 1. The molecule has 1 amide bonds. The molecule has 0 saturated carbocycles. The van der Waals surface area contributed by atoms with Gasteiger partial charge >= 0.3 is 6.18 Å². The highest BCUT2D eigenvalue weighted by atomic mass is 19.4. The summed E-state index contributed by atoms with van der Waals surface area (Å²) in [4.78, 5) is 12.7. The number of methoxy groups -OCH3 is 1. The predicted molar refractivity (Wildman–Crippen MR) is 116 cm³/mol. The zero-order valence-electron chi connectivity index (χ0n) is 17.9. The maximum absolute atomic E-state index is 13.9. The first-order valence-electron chi connectivity index (χ1n) is 10.3. The van der Waals surface area contributed by atoms with E-state index in [0.717, 1.165) is 4.68 Å². The number of hydrogen-bond donors (Lipinski definition) is 3. The van der Waals surface area contributed by atoms with Crippen LogP contribution in [0.2, 0.25) is 0 Å². The Balaban J connectivity index is 1.59. The van der Waals surface area contributed by atoms with E-state index in [-0.39, 0.29) is 17.9 Å². The lowest BCUT2D eigenvalue weighted by molar-refractivity contribution is -0.173. The number of ether oxygens (including phenoxy) is 1. The summed E-state index contributed by atoms with van der Waals surface area (Å²) in [5.41, 5.74) is 1.64. The molecule has 2 aromatic carbocycles. The summed E-state index contributed by atoms with van der Waals surface area (Å²) < 4.78 is 47.5. The highest BCUT2D eigenvalue weighted by molar-refractivity contribution is 6.03. The summed E-state index contributed by atoms with van der Waals surface area (Å²) in [5.74, 6) is 0.0804. The highest BCUT2D eigenvalue weighted by Gasteiger charge is 2.46. The number of anilines is 2. The van der Waals surface area contributed by atoms with Crippen LogP contribution in [0.3, 0.4) is 0 Å². The summed E-state index contributed by atoms with van der Waals surface area (Å²) >= 11 is 0. The van der Waals surface area contributed by atoms with Gasteiger partial charge < -0.3 is 20.5 Å². The molecule has 0 fully saturated rings. The Morgan fingerprint density at radius 1 is 1.21 bits per heavy atom. The number of carbonyl (C=O) groups excluding carboxylic acids is 1. The third-order valence-corrected chi connectivity index (χ3v) is 5.59. The Bertz CT molecular complexity index is 1130. The zero-order valence-corrected chi connectivity index (χ0v) is 17.9. The lowest BCUT2D eigenvalue weighted by atomic mass is 9.97. The van der Waals surface area contributed by atoms with Crippen molar-refractivity contribution in [2.45, 2.75) is 37.7 Å². The third-order valence-electron chi connectivity index (χ3n) is 5.59. The van der Waals surface area contributed by atoms with Crippen molar-refractivity contribution in [1.82, 2.24) is 9.78 Å². The zero-order chi connectivity index (χ0) is 23.8. The molecule has 2 heterocycles. The van der Waals surface area contributed by atoms with Crippen molar-refractivity contribution in [2.75, 3.05) is 17.7 Å². The molecule has 1 aliphatic heterocycles. The van der Waals surface area contributed by atoms with E-state index in [1.54, 1.807) is 55.5 Å². The minimum atomic E-state index is -4.54. The topological polar surface area (TPSA) is 88.4 Å². The van der Waals surface area contributed by atoms with Crippen molar-refractivity contribution in [3.63, 3.8) is 0 Å². The van der Waals surface area contributed by atoms with Crippen molar-refractivity contribution >= 4 is 17.4 Å². The maximum Gasteiger partial charge on any atom is 0.410 e. The van der Waals surface area contributed by atoms with Gasteiger partial charge in [0.15, 0.2) is 11.7 Å². The van der Waals surface area contributed by atoms with Gasteiger partial charge in [-0.2, -0.15) is 18.3 Å². The molecule has 3 unspecified atom stereocenters. The molecule has 33 heavy (non-hydrogen) atoms. The number of nitrogens with zero attached hydrogens (tertiary/aromatic N) is 2. The third kappa shape index (κ3) is 4.80. The van der Waals surface area contributed by atoms with Gasteiger partial charge in [0.1, 0.15) is 11.6 Å². The molecule has 3 N–H and O–H groups in total. The molecule has 4 rings (SSSR count). The highest BCUT2D eigenvalue weighted by Crippen LogP contribution is 2.43. The standard InChI is InChI=1S/C23H23F3N4O3/c1-13(31)14-3-7-16(8-4-14)27-22(32)19-12-21-28-18(15-5-9-17(33-2)10-6-15)11-20(23(24,25)26)30(21)29-19/h3-10,12-13,18,20,28,31H,11H2,1-2H3,(H,27,32). The van der Waals surface area contributed by atoms with E-state index in [4.69, 9.17) is 4.74 Å². The molecule has 0 aliphatic carbocycles. The first-order chi connectivity index (χ1) is 15.7. The minimum absolute atomic E-state index is 0.110. The van der Waals surface area contributed by atoms with Gasteiger partial charge in [0.05, 0.1) is 19.3 Å². The van der Waals surface area contributed by atoms with Crippen molar-refractivity contribution in [3.8, 4) is 5.75 Å². The molecule has 7 nitrogen and oxygen atoms in total. The van der Waals surface area contributed by atoms with E-state index >= 15 is 0 Å². The number of nitrogens with one attached hydrogen (secondary N) is 2. The summed E-state index contributed by atoms with van der Waals surface area (Å²) in [7, 11) is 1.51. The number of alkyl halides is 3. The number of hydrogen-bond acceptors (Lipinski definition) is 5. The first-order valence-corrected chi connectivity index (χ1v) is 10.3. The number of aliphatic hydroxyl groups is 1. The minimum Gasteiger partial charge on any atom is -0.497 e.